The molecule has 2 N–H and O–H groups in total. The van der Waals surface area contributed by atoms with Crippen molar-refractivity contribution in [2.75, 3.05) is 39.3 Å². The average molecular weight is 239 g/mol. The molecule has 2 rings (SSSR count). The van der Waals surface area contributed by atoms with Crippen LogP contribution in [0.3, 0.4) is 0 Å². The number of hydrogen-bond donors (Lipinski definition) is 2. The highest BCUT2D eigenvalue weighted by Gasteiger charge is 2.42. The van der Waals surface area contributed by atoms with Gasteiger partial charge >= 0.3 is 0 Å². The van der Waals surface area contributed by atoms with E-state index in [-0.39, 0.29) is 5.41 Å². The van der Waals surface area contributed by atoms with E-state index in [9.17, 15) is 4.79 Å². The molecule has 0 bridgehead atoms. The first-order chi connectivity index (χ1) is 8.28. The zero-order valence-corrected chi connectivity index (χ0v) is 10.9. The van der Waals surface area contributed by atoms with Gasteiger partial charge in [-0.3, -0.25) is 4.79 Å². The molecular formula is C13H25N3O. The van der Waals surface area contributed by atoms with Crippen molar-refractivity contribution in [3.63, 3.8) is 0 Å². The maximum atomic E-state index is 12.7. The lowest BCUT2D eigenvalue weighted by Crippen LogP contribution is -2.46. The minimum absolute atomic E-state index is 0.0981. The third-order valence-corrected chi connectivity index (χ3v) is 4.05. The van der Waals surface area contributed by atoms with E-state index in [0.29, 0.717) is 5.91 Å². The summed E-state index contributed by atoms with van der Waals surface area (Å²) >= 11 is 0. The van der Waals surface area contributed by atoms with E-state index < -0.39 is 0 Å². The average Bonchev–Trinajstić information content (AvgIpc) is 2.65. The van der Waals surface area contributed by atoms with E-state index in [0.717, 1.165) is 65.0 Å². The Morgan fingerprint density at radius 3 is 2.82 bits per heavy atom. The Hall–Kier alpha value is -0.610. The summed E-state index contributed by atoms with van der Waals surface area (Å²) < 4.78 is 0. The lowest BCUT2D eigenvalue weighted by molar-refractivity contribution is -0.141. The molecule has 2 aliphatic heterocycles. The summed E-state index contributed by atoms with van der Waals surface area (Å²) in [6.07, 6.45) is 4.23. The van der Waals surface area contributed by atoms with Gasteiger partial charge in [0.05, 0.1) is 5.41 Å². The standard InChI is InChI=1S/C13H25N3O/c1-2-4-13(5-7-15-11-13)12(17)16-9-3-6-14-8-10-16/h14-15H,2-11H2,1H3. The zero-order valence-electron chi connectivity index (χ0n) is 10.9. The van der Waals surface area contributed by atoms with Crippen molar-refractivity contribution in [1.29, 1.82) is 0 Å². The van der Waals surface area contributed by atoms with Crippen molar-refractivity contribution in [2.45, 2.75) is 32.6 Å². The first kappa shape index (κ1) is 12.8. The fourth-order valence-corrected chi connectivity index (χ4v) is 3.11. The van der Waals surface area contributed by atoms with Crippen LogP contribution in [0.15, 0.2) is 0 Å². The van der Waals surface area contributed by atoms with Gasteiger partial charge in [0.15, 0.2) is 0 Å². The predicted octanol–water partition coefficient (Wildman–Crippen LogP) is 0.588. The van der Waals surface area contributed by atoms with Crippen molar-refractivity contribution in [3.8, 4) is 0 Å². The molecule has 1 atom stereocenters. The van der Waals surface area contributed by atoms with Crippen LogP contribution in [0.2, 0.25) is 0 Å². The van der Waals surface area contributed by atoms with E-state index in [1.165, 1.54) is 0 Å². The second-order valence-corrected chi connectivity index (χ2v) is 5.35. The molecule has 0 radical (unpaired) electrons. The molecule has 2 aliphatic rings. The monoisotopic (exact) mass is 239 g/mol. The molecule has 4 heteroatoms. The van der Waals surface area contributed by atoms with Crippen molar-refractivity contribution >= 4 is 5.91 Å². The molecule has 98 valence electrons. The summed E-state index contributed by atoms with van der Waals surface area (Å²) in [4.78, 5) is 14.8. The molecule has 17 heavy (non-hydrogen) atoms. The summed E-state index contributed by atoms with van der Waals surface area (Å²) in [5, 5.41) is 6.73. The molecule has 0 spiro atoms. The second-order valence-electron chi connectivity index (χ2n) is 5.35. The first-order valence-electron chi connectivity index (χ1n) is 6.99. The van der Waals surface area contributed by atoms with Crippen molar-refractivity contribution in [1.82, 2.24) is 15.5 Å². The fourth-order valence-electron chi connectivity index (χ4n) is 3.11. The van der Waals surface area contributed by atoms with Gasteiger partial charge < -0.3 is 15.5 Å². The Morgan fingerprint density at radius 1 is 1.24 bits per heavy atom. The Balaban J connectivity index is 2.04. The summed E-state index contributed by atoms with van der Waals surface area (Å²) in [5.74, 6) is 0.396. The molecular weight excluding hydrogens is 214 g/mol. The molecule has 0 aromatic heterocycles. The lowest BCUT2D eigenvalue weighted by atomic mass is 9.81. The molecule has 0 aromatic rings. The fraction of sp³-hybridized carbons (Fsp3) is 0.923. The van der Waals surface area contributed by atoms with Crippen molar-refractivity contribution in [3.05, 3.63) is 0 Å². The summed E-state index contributed by atoms with van der Waals surface area (Å²) in [6.45, 7) is 7.85. The minimum atomic E-state index is -0.0981. The SMILES string of the molecule is CCCC1(C(=O)N2CCCNCC2)CCNC1. The molecule has 0 aromatic carbocycles. The van der Waals surface area contributed by atoms with Gasteiger partial charge in [0.1, 0.15) is 0 Å². The highest BCUT2D eigenvalue weighted by atomic mass is 16.2. The Kier molecular flexibility index (Phi) is 4.40. The Labute approximate surface area is 104 Å². The van der Waals surface area contributed by atoms with Gasteiger partial charge in [-0.1, -0.05) is 13.3 Å². The van der Waals surface area contributed by atoms with Gasteiger partial charge in [-0.05, 0) is 32.4 Å². The summed E-state index contributed by atoms with van der Waals surface area (Å²) in [7, 11) is 0. The Bertz CT molecular complexity index is 253. The van der Waals surface area contributed by atoms with Crippen LogP contribution in [0, 0.1) is 5.41 Å². The lowest BCUT2D eigenvalue weighted by Gasteiger charge is -2.33. The van der Waals surface area contributed by atoms with Crippen LogP contribution in [-0.2, 0) is 4.79 Å². The number of nitrogens with zero attached hydrogens (tertiary/aromatic N) is 1. The largest absolute Gasteiger partial charge is 0.341 e. The number of carbonyl (C=O) groups is 1. The van der Waals surface area contributed by atoms with Gasteiger partial charge in [0, 0.05) is 26.2 Å². The number of nitrogens with one attached hydrogen (secondary N) is 2. The number of carbonyl (C=O) groups excluding carboxylic acids is 1. The summed E-state index contributed by atoms with van der Waals surface area (Å²) in [6, 6.07) is 0. The third-order valence-electron chi connectivity index (χ3n) is 4.05. The molecule has 0 aliphatic carbocycles. The van der Waals surface area contributed by atoms with E-state index in [1.54, 1.807) is 0 Å². The highest BCUT2D eigenvalue weighted by molar-refractivity contribution is 5.83. The maximum Gasteiger partial charge on any atom is 0.230 e. The van der Waals surface area contributed by atoms with Crippen LogP contribution < -0.4 is 10.6 Å². The summed E-state index contributed by atoms with van der Waals surface area (Å²) in [5.41, 5.74) is -0.0981. The van der Waals surface area contributed by atoms with E-state index in [2.05, 4.69) is 22.5 Å². The zero-order chi connectivity index (χ0) is 12.1. The predicted molar refractivity (Wildman–Crippen MR) is 68.9 cm³/mol. The van der Waals surface area contributed by atoms with Crippen LogP contribution in [0.5, 0.6) is 0 Å². The van der Waals surface area contributed by atoms with Crippen LogP contribution in [0.1, 0.15) is 32.6 Å². The van der Waals surface area contributed by atoms with Gasteiger partial charge in [-0.2, -0.15) is 0 Å². The number of amides is 1. The highest BCUT2D eigenvalue weighted by Crippen LogP contribution is 2.33. The molecule has 1 unspecified atom stereocenters. The van der Waals surface area contributed by atoms with Crippen LogP contribution in [-0.4, -0.2) is 50.1 Å². The van der Waals surface area contributed by atoms with Crippen molar-refractivity contribution in [2.24, 2.45) is 5.41 Å². The third kappa shape index (κ3) is 2.80. The topological polar surface area (TPSA) is 44.4 Å². The van der Waals surface area contributed by atoms with Crippen molar-refractivity contribution < 1.29 is 4.79 Å². The number of hydrogen-bond acceptors (Lipinski definition) is 3. The van der Waals surface area contributed by atoms with Gasteiger partial charge in [-0.15, -0.1) is 0 Å². The van der Waals surface area contributed by atoms with Gasteiger partial charge in [0.2, 0.25) is 5.91 Å². The van der Waals surface area contributed by atoms with E-state index in [4.69, 9.17) is 0 Å². The van der Waals surface area contributed by atoms with Crippen LogP contribution in [0.25, 0.3) is 0 Å². The number of rotatable bonds is 3. The molecule has 4 nitrogen and oxygen atoms in total. The Morgan fingerprint density at radius 2 is 2.12 bits per heavy atom. The molecule has 2 heterocycles. The molecule has 2 fully saturated rings. The van der Waals surface area contributed by atoms with Crippen LogP contribution in [0.4, 0.5) is 0 Å². The molecule has 1 amide bonds. The van der Waals surface area contributed by atoms with Gasteiger partial charge in [0.25, 0.3) is 0 Å². The normalized spacial score (nSPS) is 30.3. The molecule has 0 saturated carbocycles. The van der Waals surface area contributed by atoms with E-state index in [1.807, 2.05) is 0 Å². The second kappa shape index (κ2) is 5.83. The van der Waals surface area contributed by atoms with Crippen LogP contribution >= 0.6 is 0 Å². The smallest absolute Gasteiger partial charge is 0.230 e. The maximum absolute atomic E-state index is 12.7. The molecule has 2 saturated heterocycles. The quantitative estimate of drug-likeness (QED) is 0.757. The minimum Gasteiger partial charge on any atom is -0.341 e. The first-order valence-corrected chi connectivity index (χ1v) is 6.99. The van der Waals surface area contributed by atoms with E-state index >= 15 is 0 Å². The van der Waals surface area contributed by atoms with Gasteiger partial charge in [-0.25, -0.2) is 0 Å².